The molecule has 3 N–H and O–H groups in total. The van der Waals surface area contributed by atoms with Crippen molar-refractivity contribution in [2.75, 3.05) is 12.5 Å². The van der Waals surface area contributed by atoms with E-state index in [0.29, 0.717) is 6.61 Å². The zero-order valence-corrected chi connectivity index (χ0v) is 15.8. The van der Waals surface area contributed by atoms with Gasteiger partial charge in [-0.2, -0.15) is 0 Å². The van der Waals surface area contributed by atoms with Crippen LogP contribution < -0.4 is 15.8 Å². The van der Waals surface area contributed by atoms with Gasteiger partial charge in [0.05, 0.1) is 6.61 Å². The lowest BCUT2D eigenvalue weighted by atomic mass is 9.95. The summed E-state index contributed by atoms with van der Waals surface area (Å²) in [4.78, 5) is 12.1. The Kier molecular flexibility index (Phi) is 6.44. The Bertz CT molecular complexity index is 817. The average Bonchev–Trinajstić information content (AvgIpc) is 3.09. The van der Waals surface area contributed by atoms with E-state index in [2.05, 4.69) is 12.2 Å². The minimum absolute atomic E-state index is 0.0654. The van der Waals surface area contributed by atoms with Crippen LogP contribution in [0.1, 0.15) is 36.6 Å². The van der Waals surface area contributed by atoms with Crippen molar-refractivity contribution in [3.05, 3.63) is 46.2 Å². The molecule has 0 fully saturated rings. The number of ether oxygens (including phenoxy) is 1. The number of urea groups is 1. The first-order chi connectivity index (χ1) is 11.9. The van der Waals surface area contributed by atoms with Crippen molar-refractivity contribution >= 4 is 27.2 Å². The second-order valence-electron chi connectivity index (χ2n) is 5.42. The topological polar surface area (TPSA) is 98.5 Å². The molecular weight excluding hydrogens is 360 g/mol. The fraction of sp³-hybridized carbons (Fsp3) is 0.353. The maximum absolute atomic E-state index is 12.6. The van der Waals surface area contributed by atoms with Crippen LogP contribution in [-0.4, -0.2) is 26.9 Å². The van der Waals surface area contributed by atoms with Gasteiger partial charge in [-0.1, -0.05) is 19.1 Å². The van der Waals surface area contributed by atoms with E-state index >= 15 is 0 Å². The first-order valence-corrected chi connectivity index (χ1v) is 10.5. The van der Waals surface area contributed by atoms with Gasteiger partial charge in [0.25, 0.3) is 0 Å². The number of hydrogen-bond donors (Lipinski definition) is 2. The van der Waals surface area contributed by atoms with Crippen LogP contribution in [0.4, 0.5) is 4.79 Å². The van der Waals surface area contributed by atoms with Gasteiger partial charge < -0.3 is 15.8 Å². The van der Waals surface area contributed by atoms with E-state index in [4.69, 9.17) is 10.5 Å². The van der Waals surface area contributed by atoms with Crippen molar-refractivity contribution in [2.24, 2.45) is 5.73 Å². The van der Waals surface area contributed by atoms with Crippen molar-refractivity contribution < 1.29 is 17.9 Å². The number of benzene rings is 1. The first-order valence-electron chi connectivity index (χ1n) is 7.95. The van der Waals surface area contributed by atoms with E-state index in [-0.39, 0.29) is 16.6 Å². The average molecular weight is 383 g/mol. The lowest BCUT2D eigenvalue weighted by molar-refractivity contribution is 0.250. The Morgan fingerprint density at radius 2 is 2.08 bits per heavy atom. The molecule has 1 unspecified atom stereocenters. The Labute approximate surface area is 151 Å². The molecule has 2 aromatic rings. The van der Waals surface area contributed by atoms with E-state index in [1.807, 2.05) is 23.6 Å². The monoisotopic (exact) mass is 382 g/mol. The SMILES string of the molecule is CCOc1ccc(C(CC)c2cccs2)cc1S(=O)(=O)CNC(N)=O. The van der Waals surface area contributed by atoms with Crippen LogP contribution in [0, 0.1) is 0 Å². The minimum atomic E-state index is -3.77. The van der Waals surface area contributed by atoms with Gasteiger partial charge in [-0.25, -0.2) is 13.2 Å². The number of nitrogens with two attached hydrogens (primary N) is 1. The predicted octanol–water partition coefficient (Wildman–Crippen LogP) is 3.09. The largest absolute Gasteiger partial charge is 0.493 e. The molecule has 6 nitrogen and oxygen atoms in total. The first kappa shape index (κ1) is 19.3. The highest BCUT2D eigenvalue weighted by Crippen LogP contribution is 2.35. The van der Waals surface area contributed by atoms with Crippen LogP contribution in [0.25, 0.3) is 0 Å². The van der Waals surface area contributed by atoms with Gasteiger partial charge in [0.1, 0.15) is 16.5 Å². The lowest BCUT2D eigenvalue weighted by Crippen LogP contribution is -2.34. The van der Waals surface area contributed by atoms with Crippen LogP contribution >= 0.6 is 11.3 Å². The predicted molar refractivity (Wildman–Crippen MR) is 98.8 cm³/mol. The summed E-state index contributed by atoms with van der Waals surface area (Å²) < 4.78 is 30.7. The molecule has 0 aliphatic rings. The molecule has 1 heterocycles. The second-order valence-corrected chi connectivity index (χ2v) is 8.35. The summed E-state index contributed by atoms with van der Waals surface area (Å²) in [5, 5.41) is 4.14. The van der Waals surface area contributed by atoms with E-state index in [0.717, 1.165) is 12.0 Å². The number of nitrogens with one attached hydrogen (secondary N) is 1. The minimum Gasteiger partial charge on any atom is -0.493 e. The maximum Gasteiger partial charge on any atom is 0.313 e. The molecule has 0 aliphatic heterocycles. The third kappa shape index (κ3) is 4.73. The van der Waals surface area contributed by atoms with Crippen molar-refractivity contribution in [3.8, 4) is 5.75 Å². The van der Waals surface area contributed by atoms with E-state index in [1.54, 1.807) is 30.4 Å². The zero-order valence-electron chi connectivity index (χ0n) is 14.2. The fourth-order valence-corrected chi connectivity index (χ4v) is 4.77. The molecule has 2 rings (SSSR count). The van der Waals surface area contributed by atoms with Crippen molar-refractivity contribution in [1.29, 1.82) is 0 Å². The number of hydrogen-bond acceptors (Lipinski definition) is 5. The summed E-state index contributed by atoms with van der Waals surface area (Å²) in [6.07, 6.45) is 0.841. The fourth-order valence-electron chi connectivity index (χ4n) is 2.59. The summed E-state index contributed by atoms with van der Waals surface area (Å²) in [6.45, 7) is 4.18. The van der Waals surface area contributed by atoms with Crippen LogP contribution in [0.2, 0.25) is 0 Å². The Morgan fingerprint density at radius 3 is 2.64 bits per heavy atom. The number of primary amides is 1. The number of carbonyl (C=O) groups is 1. The molecule has 25 heavy (non-hydrogen) atoms. The van der Waals surface area contributed by atoms with Crippen molar-refractivity contribution in [2.45, 2.75) is 31.1 Å². The Morgan fingerprint density at radius 1 is 1.32 bits per heavy atom. The zero-order chi connectivity index (χ0) is 18.4. The Hall–Kier alpha value is -2.06. The molecule has 136 valence electrons. The smallest absolute Gasteiger partial charge is 0.313 e. The lowest BCUT2D eigenvalue weighted by Gasteiger charge is -2.17. The van der Waals surface area contributed by atoms with Crippen molar-refractivity contribution in [3.63, 3.8) is 0 Å². The molecule has 0 aliphatic carbocycles. The molecule has 1 aromatic heterocycles. The van der Waals surface area contributed by atoms with E-state index in [9.17, 15) is 13.2 Å². The molecule has 1 atom stereocenters. The van der Waals surface area contributed by atoms with Crippen molar-refractivity contribution in [1.82, 2.24) is 5.32 Å². The van der Waals surface area contributed by atoms with Gasteiger partial charge in [-0.15, -0.1) is 11.3 Å². The molecule has 0 radical (unpaired) electrons. The van der Waals surface area contributed by atoms with Gasteiger partial charge >= 0.3 is 6.03 Å². The Balaban J connectivity index is 2.47. The summed E-state index contributed by atoms with van der Waals surface area (Å²) in [7, 11) is -3.77. The molecule has 0 spiro atoms. The van der Waals surface area contributed by atoms with Crippen LogP contribution in [0.5, 0.6) is 5.75 Å². The van der Waals surface area contributed by atoms with Gasteiger partial charge in [-0.05, 0) is 42.5 Å². The number of amides is 2. The third-order valence-corrected chi connectivity index (χ3v) is 6.24. The van der Waals surface area contributed by atoms with E-state index in [1.165, 1.54) is 4.88 Å². The van der Waals surface area contributed by atoms with Gasteiger partial charge in [0, 0.05) is 10.8 Å². The van der Waals surface area contributed by atoms with Gasteiger partial charge in [0.15, 0.2) is 9.84 Å². The summed E-state index contributed by atoms with van der Waals surface area (Å²) in [5.74, 6) is -0.186. The molecule has 0 saturated heterocycles. The van der Waals surface area contributed by atoms with Crippen LogP contribution in [0.15, 0.2) is 40.6 Å². The maximum atomic E-state index is 12.6. The van der Waals surface area contributed by atoms with Crippen LogP contribution in [-0.2, 0) is 9.84 Å². The molecule has 1 aromatic carbocycles. The van der Waals surface area contributed by atoms with Gasteiger partial charge in [-0.3, -0.25) is 0 Å². The quantitative estimate of drug-likeness (QED) is 0.733. The summed E-state index contributed by atoms with van der Waals surface area (Å²) in [6, 6.07) is 8.33. The summed E-state index contributed by atoms with van der Waals surface area (Å²) in [5.41, 5.74) is 5.89. The standard InChI is InChI=1S/C17H22N2O4S2/c1-3-13(15-6-5-9-24-15)12-7-8-14(23-4-2)16(10-12)25(21,22)11-19-17(18)20/h5-10,13H,3-4,11H2,1-2H3,(H3,18,19,20). The molecule has 2 amide bonds. The molecule has 0 saturated carbocycles. The van der Waals surface area contributed by atoms with E-state index < -0.39 is 21.7 Å². The molecular formula is C17H22N2O4S2. The molecule has 0 bridgehead atoms. The highest BCUT2D eigenvalue weighted by atomic mass is 32.2. The number of sulfone groups is 1. The molecule has 8 heteroatoms. The second kappa shape index (κ2) is 8.35. The normalized spacial score (nSPS) is 12.6. The van der Waals surface area contributed by atoms with Crippen LogP contribution in [0.3, 0.4) is 0 Å². The highest BCUT2D eigenvalue weighted by Gasteiger charge is 2.23. The number of rotatable bonds is 8. The number of carbonyl (C=O) groups excluding carboxylic acids is 1. The third-order valence-electron chi connectivity index (χ3n) is 3.74. The van der Waals surface area contributed by atoms with Gasteiger partial charge in [0.2, 0.25) is 0 Å². The number of thiophene rings is 1. The highest BCUT2D eigenvalue weighted by molar-refractivity contribution is 7.91. The summed E-state index contributed by atoms with van der Waals surface area (Å²) >= 11 is 1.64.